The van der Waals surface area contributed by atoms with Gasteiger partial charge in [-0.25, -0.2) is 0 Å². The van der Waals surface area contributed by atoms with E-state index in [4.69, 9.17) is 10.3 Å². The molecule has 0 aliphatic carbocycles. The normalized spacial score (nSPS) is 10.9. The third-order valence-electron chi connectivity index (χ3n) is 2.46. The van der Waals surface area contributed by atoms with Crippen LogP contribution in [0.25, 0.3) is 11.5 Å². The molecule has 2 rings (SSSR count). The lowest BCUT2D eigenvalue weighted by Gasteiger charge is -1.95. The van der Waals surface area contributed by atoms with Crippen LogP contribution >= 0.6 is 0 Å². The van der Waals surface area contributed by atoms with Gasteiger partial charge in [0.1, 0.15) is 0 Å². The second kappa shape index (κ2) is 6.09. The molecular formula is C10H16N6O. The smallest absolute Gasteiger partial charge is 0.227 e. The highest BCUT2D eigenvalue weighted by atomic mass is 16.5. The quantitative estimate of drug-likeness (QED) is 0.692. The van der Waals surface area contributed by atoms with Crippen LogP contribution in [-0.2, 0) is 6.42 Å². The summed E-state index contributed by atoms with van der Waals surface area (Å²) >= 11 is 0. The SMILES string of the molecule is NCCCCCCc1nc(-c2cn[nH]n2)no1. The monoisotopic (exact) mass is 236 g/mol. The molecule has 0 fully saturated rings. The minimum atomic E-state index is 0.482. The molecule has 3 N–H and O–H groups in total. The number of rotatable bonds is 7. The van der Waals surface area contributed by atoms with E-state index in [9.17, 15) is 0 Å². The zero-order valence-electron chi connectivity index (χ0n) is 9.59. The molecule has 0 aliphatic rings. The van der Waals surface area contributed by atoms with Crippen molar-refractivity contribution in [3.8, 4) is 11.5 Å². The van der Waals surface area contributed by atoms with Gasteiger partial charge in [0.15, 0.2) is 5.69 Å². The number of nitrogens with one attached hydrogen (secondary N) is 1. The fraction of sp³-hybridized carbons (Fsp3) is 0.600. The van der Waals surface area contributed by atoms with E-state index in [0.29, 0.717) is 17.4 Å². The van der Waals surface area contributed by atoms with Gasteiger partial charge < -0.3 is 10.3 Å². The fourth-order valence-corrected chi connectivity index (χ4v) is 1.54. The first-order valence-electron chi connectivity index (χ1n) is 5.79. The minimum Gasteiger partial charge on any atom is -0.339 e. The third kappa shape index (κ3) is 3.35. The molecule has 92 valence electrons. The van der Waals surface area contributed by atoms with Gasteiger partial charge in [-0.1, -0.05) is 18.0 Å². The predicted molar refractivity (Wildman–Crippen MR) is 60.9 cm³/mol. The van der Waals surface area contributed by atoms with Gasteiger partial charge in [-0.2, -0.15) is 20.4 Å². The summed E-state index contributed by atoms with van der Waals surface area (Å²) < 4.78 is 5.13. The van der Waals surface area contributed by atoms with Gasteiger partial charge in [0.25, 0.3) is 0 Å². The van der Waals surface area contributed by atoms with Gasteiger partial charge in [-0.15, -0.1) is 0 Å². The number of H-pyrrole nitrogens is 1. The number of hydrogen-bond donors (Lipinski definition) is 2. The van der Waals surface area contributed by atoms with Crippen molar-refractivity contribution in [3.63, 3.8) is 0 Å². The average Bonchev–Trinajstić information content (AvgIpc) is 2.99. The van der Waals surface area contributed by atoms with Crippen molar-refractivity contribution < 1.29 is 4.52 Å². The van der Waals surface area contributed by atoms with Crippen LogP contribution < -0.4 is 5.73 Å². The van der Waals surface area contributed by atoms with Gasteiger partial charge in [-0.3, -0.25) is 0 Å². The minimum absolute atomic E-state index is 0.482. The number of nitrogens with two attached hydrogens (primary N) is 1. The van der Waals surface area contributed by atoms with Gasteiger partial charge in [0.05, 0.1) is 6.20 Å². The molecule has 0 aromatic carbocycles. The van der Waals surface area contributed by atoms with E-state index in [1.807, 2.05) is 0 Å². The lowest BCUT2D eigenvalue weighted by molar-refractivity contribution is 0.374. The maximum atomic E-state index is 5.42. The van der Waals surface area contributed by atoms with Crippen molar-refractivity contribution in [2.24, 2.45) is 5.73 Å². The molecule has 0 aliphatic heterocycles. The summed E-state index contributed by atoms with van der Waals surface area (Å²) in [5, 5.41) is 13.9. The molecule has 2 heterocycles. The number of hydrogen-bond acceptors (Lipinski definition) is 6. The van der Waals surface area contributed by atoms with Crippen molar-refractivity contribution in [2.45, 2.75) is 32.1 Å². The summed E-state index contributed by atoms with van der Waals surface area (Å²) in [5.41, 5.74) is 6.02. The average molecular weight is 236 g/mol. The number of nitrogens with zero attached hydrogens (tertiary/aromatic N) is 4. The molecule has 0 amide bonds. The van der Waals surface area contributed by atoms with Crippen molar-refractivity contribution in [3.05, 3.63) is 12.1 Å². The third-order valence-corrected chi connectivity index (χ3v) is 2.46. The Morgan fingerprint density at radius 1 is 1.24 bits per heavy atom. The number of aryl methyl sites for hydroxylation is 1. The van der Waals surface area contributed by atoms with E-state index in [-0.39, 0.29) is 0 Å². The first-order chi connectivity index (χ1) is 8.40. The van der Waals surface area contributed by atoms with E-state index in [1.165, 1.54) is 0 Å². The Hall–Kier alpha value is -1.76. The molecule has 7 heteroatoms. The Labute approximate surface area is 98.8 Å². The topological polar surface area (TPSA) is 107 Å². The van der Waals surface area contributed by atoms with Crippen molar-refractivity contribution >= 4 is 0 Å². The highest BCUT2D eigenvalue weighted by molar-refractivity contribution is 5.44. The summed E-state index contributed by atoms with van der Waals surface area (Å²) in [6, 6.07) is 0. The van der Waals surface area contributed by atoms with Crippen molar-refractivity contribution in [2.75, 3.05) is 6.54 Å². The first-order valence-corrected chi connectivity index (χ1v) is 5.79. The molecule has 7 nitrogen and oxygen atoms in total. The molecule has 2 aromatic rings. The highest BCUT2D eigenvalue weighted by Gasteiger charge is 2.10. The maximum Gasteiger partial charge on any atom is 0.227 e. The Morgan fingerprint density at radius 2 is 2.12 bits per heavy atom. The van der Waals surface area contributed by atoms with Gasteiger partial charge in [0.2, 0.25) is 11.7 Å². The lowest BCUT2D eigenvalue weighted by Crippen LogP contribution is -1.97. The second-order valence-electron chi connectivity index (χ2n) is 3.82. The Bertz CT molecular complexity index is 424. The molecule has 2 aromatic heterocycles. The Kier molecular flexibility index (Phi) is 4.20. The standard InChI is InChI=1S/C10H16N6O/c11-6-4-2-1-3-5-9-13-10(15-17-9)8-7-12-16-14-8/h7H,1-6,11H2,(H,12,14,16). The van der Waals surface area contributed by atoms with Crippen LogP contribution in [0.3, 0.4) is 0 Å². The summed E-state index contributed by atoms with van der Waals surface area (Å²) in [5.74, 6) is 1.13. The number of unbranched alkanes of at least 4 members (excludes halogenated alkanes) is 3. The molecule has 0 saturated carbocycles. The van der Waals surface area contributed by atoms with Crippen molar-refractivity contribution in [1.82, 2.24) is 25.6 Å². The Morgan fingerprint density at radius 3 is 2.88 bits per heavy atom. The zero-order chi connectivity index (χ0) is 11.9. The molecule has 0 bridgehead atoms. The number of aromatic amines is 1. The van der Waals surface area contributed by atoms with Gasteiger partial charge >= 0.3 is 0 Å². The molecule has 0 saturated heterocycles. The molecule has 17 heavy (non-hydrogen) atoms. The Balaban J connectivity index is 1.79. The van der Waals surface area contributed by atoms with Gasteiger partial charge in [0, 0.05) is 6.42 Å². The molecular weight excluding hydrogens is 220 g/mol. The highest BCUT2D eigenvalue weighted by Crippen LogP contribution is 2.12. The van der Waals surface area contributed by atoms with Crippen LogP contribution in [0.1, 0.15) is 31.6 Å². The van der Waals surface area contributed by atoms with E-state index in [0.717, 1.165) is 38.6 Å². The van der Waals surface area contributed by atoms with Crippen molar-refractivity contribution in [1.29, 1.82) is 0 Å². The summed E-state index contributed by atoms with van der Waals surface area (Å²) in [7, 11) is 0. The maximum absolute atomic E-state index is 5.42. The fourth-order valence-electron chi connectivity index (χ4n) is 1.54. The van der Waals surface area contributed by atoms with E-state index >= 15 is 0 Å². The van der Waals surface area contributed by atoms with Crippen LogP contribution in [0.4, 0.5) is 0 Å². The summed E-state index contributed by atoms with van der Waals surface area (Å²) in [6.07, 6.45) is 6.78. The van der Waals surface area contributed by atoms with Crippen LogP contribution in [0.15, 0.2) is 10.7 Å². The number of aromatic nitrogens is 5. The first kappa shape index (κ1) is 11.7. The molecule has 0 spiro atoms. The zero-order valence-corrected chi connectivity index (χ0v) is 9.59. The van der Waals surface area contributed by atoms with Gasteiger partial charge in [-0.05, 0) is 19.4 Å². The summed E-state index contributed by atoms with van der Waals surface area (Å²) in [4.78, 5) is 4.25. The second-order valence-corrected chi connectivity index (χ2v) is 3.82. The van der Waals surface area contributed by atoms with Crippen LogP contribution in [0, 0.1) is 0 Å². The summed E-state index contributed by atoms with van der Waals surface area (Å²) in [6.45, 7) is 0.761. The van der Waals surface area contributed by atoms with Crippen LogP contribution in [0.2, 0.25) is 0 Å². The van der Waals surface area contributed by atoms with E-state index < -0.39 is 0 Å². The predicted octanol–water partition coefficient (Wildman–Crippen LogP) is 0.916. The van der Waals surface area contributed by atoms with Crippen LogP contribution in [-0.4, -0.2) is 32.1 Å². The molecule has 0 unspecified atom stereocenters. The van der Waals surface area contributed by atoms with Crippen LogP contribution in [0.5, 0.6) is 0 Å². The molecule has 0 atom stereocenters. The molecule has 0 radical (unpaired) electrons. The largest absolute Gasteiger partial charge is 0.339 e. The lowest BCUT2D eigenvalue weighted by atomic mass is 10.1. The van der Waals surface area contributed by atoms with E-state index in [1.54, 1.807) is 6.20 Å². The van der Waals surface area contributed by atoms with E-state index in [2.05, 4.69) is 25.6 Å².